The molecule has 134 valence electrons. The van der Waals surface area contributed by atoms with Crippen LogP contribution in [0.2, 0.25) is 0 Å². The Morgan fingerprint density at radius 2 is 2.04 bits per heavy atom. The maximum atomic E-state index is 13.5. The van der Waals surface area contributed by atoms with Crippen molar-refractivity contribution in [2.75, 3.05) is 11.1 Å². The summed E-state index contributed by atoms with van der Waals surface area (Å²) in [7, 11) is 0. The zero-order chi connectivity index (χ0) is 18.3. The number of anilines is 1. The third-order valence-corrected chi connectivity index (χ3v) is 6.71. The van der Waals surface area contributed by atoms with Crippen molar-refractivity contribution in [1.29, 1.82) is 0 Å². The monoisotopic (exact) mass is 370 g/mol. The van der Waals surface area contributed by atoms with Crippen molar-refractivity contribution in [2.24, 2.45) is 0 Å². The van der Waals surface area contributed by atoms with Crippen LogP contribution >= 0.6 is 11.8 Å². The third kappa shape index (κ3) is 2.69. The predicted octanol–water partition coefficient (Wildman–Crippen LogP) is 3.66. The number of carbonyl (C=O) groups is 2. The fraction of sp³-hybridized carbons (Fsp3) is 0.300. The molecule has 2 aliphatic heterocycles. The van der Waals surface area contributed by atoms with Gasteiger partial charge in [-0.3, -0.25) is 9.59 Å². The normalized spacial score (nSPS) is 24.6. The van der Waals surface area contributed by atoms with Gasteiger partial charge in [0.15, 0.2) is 0 Å². The van der Waals surface area contributed by atoms with E-state index in [-0.39, 0.29) is 11.8 Å². The largest absolute Gasteiger partial charge is 0.324 e. The molecule has 4 nitrogen and oxygen atoms in total. The summed E-state index contributed by atoms with van der Waals surface area (Å²) in [4.78, 5) is 26.8. The Kier molecular flexibility index (Phi) is 4.23. The second-order valence-corrected chi connectivity index (χ2v) is 7.99. The molecule has 2 aromatic carbocycles. The second kappa shape index (κ2) is 6.43. The van der Waals surface area contributed by atoms with E-state index in [1.54, 1.807) is 22.7 Å². The maximum Gasteiger partial charge on any atom is 0.248 e. The zero-order valence-corrected chi connectivity index (χ0v) is 15.2. The van der Waals surface area contributed by atoms with Crippen LogP contribution in [0.3, 0.4) is 0 Å². The van der Waals surface area contributed by atoms with Crippen molar-refractivity contribution in [3.05, 3.63) is 65.5 Å². The van der Waals surface area contributed by atoms with Crippen molar-refractivity contribution < 1.29 is 14.0 Å². The number of hydrogen-bond donors (Lipinski definition) is 1. The molecule has 2 fully saturated rings. The molecule has 0 spiro atoms. The molecular weight excluding hydrogens is 351 g/mol. The van der Waals surface area contributed by atoms with Gasteiger partial charge in [0.05, 0.1) is 0 Å². The van der Waals surface area contributed by atoms with Gasteiger partial charge in [-0.25, -0.2) is 4.39 Å². The number of hydrogen-bond acceptors (Lipinski definition) is 3. The summed E-state index contributed by atoms with van der Waals surface area (Å²) in [5.41, 5.74) is 2.28. The van der Waals surface area contributed by atoms with Crippen molar-refractivity contribution in [3.63, 3.8) is 0 Å². The van der Waals surface area contributed by atoms with E-state index in [0.717, 1.165) is 11.1 Å². The Bertz CT molecular complexity index is 873. The fourth-order valence-corrected chi connectivity index (χ4v) is 5.43. The van der Waals surface area contributed by atoms with Gasteiger partial charge in [-0.2, -0.15) is 0 Å². The Morgan fingerprint density at radius 3 is 2.81 bits per heavy atom. The van der Waals surface area contributed by atoms with Crippen molar-refractivity contribution >= 4 is 29.3 Å². The molecule has 0 unspecified atom stereocenters. The van der Waals surface area contributed by atoms with E-state index in [1.165, 1.54) is 12.1 Å². The lowest BCUT2D eigenvalue weighted by Gasteiger charge is -2.34. The van der Waals surface area contributed by atoms with Gasteiger partial charge in [-0.15, -0.1) is 11.8 Å². The van der Waals surface area contributed by atoms with Gasteiger partial charge < -0.3 is 10.2 Å². The Morgan fingerprint density at radius 1 is 1.27 bits per heavy atom. The molecule has 0 aliphatic carbocycles. The minimum atomic E-state index is -0.558. The Hall–Kier alpha value is -2.34. The smallest absolute Gasteiger partial charge is 0.248 e. The molecule has 2 aromatic rings. The first kappa shape index (κ1) is 17.1. The average molecular weight is 370 g/mol. The SMILES string of the molecule is Cc1ccc(F)cc1NC(=O)[C@@H]1CS[C@]2(c3ccccc3)CCC(=O)N12. The van der Waals surface area contributed by atoms with E-state index in [0.29, 0.717) is 24.3 Å². The highest BCUT2D eigenvalue weighted by molar-refractivity contribution is 8.00. The first-order valence-corrected chi connectivity index (χ1v) is 9.58. The van der Waals surface area contributed by atoms with Gasteiger partial charge >= 0.3 is 0 Å². The topological polar surface area (TPSA) is 49.4 Å². The van der Waals surface area contributed by atoms with Gasteiger partial charge in [0.25, 0.3) is 0 Å². The second-order valence-electron chi connectivity index (χ2n) is 6.69. The van der Waals surface area contributed by atoms with E-state index in [2.05, 4.69) is 5.32 Å². The summed E-state index contributed by atoms with van der Waals surface area (Å²) in [6.07, 6.45) is 1.13. The number of thioether (sulfide) groups is 1. The first-order valence-electron chi connectivity index (χ1n) is 8.60. The molecule has 0 bridgehead atoms. The van der Waals surface area contributed by atoms with Crippen LogP contribution in [0.15, 0.2) is 48.5 Å². The van der Waals surface area contributed by atoms with E-state index in [4.69, 9.17) is 0 Å². The number of nitrogens with zero attached hydrogens (tertiary/aromatic N) is 1. The van der Waals surface area contributed by atoms with Crippen LogP contribution in [0.25, 0.3) is 0 Å². The number of fused-ring (bicyclic) bond motifs is 1. The van der Waals surface area contributed by atoms with Crippen LogP contribution in [-0.2, 0) is 14.5 Å². The Balaban J connectivity index is 1.63. The highest BCUT2D eigenvalue weighted by Gasteiger charge is 2.56. The minimum Gasteiger partial charge on any atom is -0.324 e. The minimum absolute atomic E-state index is 0.00466. The number of carbonyl (C=O) groups excluding carboxylic acids is 2. The lowest BCUT2D eigenvalue weighted by molar-refractivity contribution is -0.136. The van der Waals surface area contributed by atoms with Gasteiger partial charge in [-0.1, -0.05) is 36.4 Å². The number of amides is 2. The molecule has 0 saturated carbocycles. The average Bonchev–Trinajstić information content (AvgIpc) is 3.18. The van der Waals surface area contributed by atoms with Crippen LogP contribution in [0.4, 0.5) is 10.1 Å². The molecule has 1 N–H and O–H groups in total. The van der Waals surface area contributed by atoms with Gasteiger partial charge in [-0.05, 0) is 36.6 Å². The summed E-state index contributed by atoms with van der Waals surface area (Å²) in [5.74, 6) is -0.141. The number of aryl methyl sites for hydroxylation is 1. The maximum absolute atomic E-state index is 13.5. The molecule has 26 heavy (non-hydrogen) atoms. The van der Waals surface area contributed by atoms with Gasteiger partial charge in [0, 0.05) is 17.9 Å². The summed E-state index contributed by atoms with van der Waals surface area (Å²) < 4.78 is 13.5. The molecule has 6 heteroatoms. The van der Waals surface area contributed by atoms with Crippen molar-refractivity contribution in [1.82, 2.24) is 4.90 Å². The standard InChI is InChI=1S/C20H19FN2O2S/c1-13-7-8-15(21)11-16(13)22-19(25)17-12-26-20(10-9-18(24)23(17)20)14-5-3-2-4-6-14/h2-8,11,17H,9-10,12H2,1H3,(H,22,25)/t17-,20-/m0/s1. The summed E-state index contributed by atoms with van der Waals surface area (Å²) >= 11 is 1.64. The lowest BCUT2D eigenvalue weighted by atomic mass is 10.0. The zero-order valence-electron chi connectivity index (χ0n) is 14.4. The summed E-state index contributed by atoms with van der Waals surface area (Å²) in [6, 6.07) is 13.6. The van der Waals surface area contributed by atoms with Crippen LogP contribution < -0.4 is 5.32 Å². The highest BCUT2D eigenvalue weighted by Crippen LogP contribution is 2.54. The summed E-state index contributed by atoms with van der Waals surface area (Å²) in [6.45, 7) is 1.81. The number of nitrogens with one attached hydrogen (secondary N) is 1. The molecule has 0 aromatic heterocycles. The lowest BCUT2D eigenvalue weighted by Crippen LogP contribution is -2.48. The number of rotatable bonds is 3. The molecular formula is C20H19FN2O2S. The van der Waals surface area contributed by atoms with Crippen LogP contribution in [0, 0.1) is 12.7 Å². The fourth-order valence-electron chi connectivity index (χ4n) is 3.78. The van der Waals surface area contributed by atoms with Crippen LogP contribution in [0.5, 0.6) is 0 Å². The first-order chi connectivity index (χ1) is 12.5. The molecule has 2 atom stereocenters. The molecule has 0 radical (unpaired) electrons. The number of halogens is 1. The predicted molar refractivity (Wildman–Crippen MR) is 100 cm³/mol. The van der Waals surface area contributed by atoms with E-state index in [1.807, 2.05) is 37.3 Å². The van der Waals surface area contributed by atoms with Crippen molar-refractivity contribution in [2.45, 2.75) is 30.7 Å². The Labute approximate surface area is 155 Å². The molecule has 2 amide bonds. The molecule has 2 saturated heterocycles. The van der Waals surface area contributed by atoms with Crippen LogP contribution in [-0.4, -0.2) is 28.5 Å². The molecule has 2 heterocycles. The van der Waals surface area contributed by atoms with E-state index in [9.17, 15) is 14.0 Å². The quantitative estimate of drug-likeness (QED) is 0.897. The van der Waals surface area contributed by atoms with Gasteiger partial charge in [0.2, 0.25) is 11.8 Å². The highest BCUT2D eigenvalue weighted by atomic mass is 32.2. The molecule has 2 aliphatic rings. The van der Waals surface area contributed by atoms with E-state index < -0.39 is 16.7 Å². The van der Waals surface area contributed by atoms with Gasteiger partial charge in [0.1, 0.15) is 16.7 Å². The third-order valence-electron chi connectivity index (χ3n) is 5.11. The molecule has 4 rings (SSSR count). The number of benzene rings is 2. The van der Waals surface area contributed by atoms with Crippen LogP contribution in [0.1, 0.15) is 24.0 Å². The summed E-state index contributed by atoms with van der Waals surface area (Å²) in [5, 5.41) is 2.81. The van der Waals surface area contributed by atoms with E-state index >= 15 is 0 Å². The van der Waals surface area contributed by atoms with Crippen molar-refractivity contribution in [3.8, 4) is 0 Å².